The van der Waals surface area contributed by atoms with E-state index in [0.29, 0.717) is 17.5 Å². The summed E-state index contributed by atoms with van der Waals surface area (Å²) in [5, 5.41) is 2.08. The van der Waals surface area contributed by atoms with Crippen LogP contribution >= 0.6 is 0 Å². The molecule has 0 amide bonds. The first-order chi connectivity index (χ1) is 28.3. The smallest absolute Gasteiger partial charge is 0.167 e. The van der Waals surface area contributed by atoms with E-state index in [1.807, 2.05) is 66.7 Å². The molecular weight excluding hydrogens is 699 g/mol. The highest BCUT2D eigenvalue weighted by molar-refractivity contribution is 6.09. The Bertz CT molecular complexity index is 3190. The molecule has 0 saturated heterocycles. The number of para-hydroxylation sites is 3. The first kappa shape index (κ1) is 31.7. The van der Waals surface area contributed by atoms with Gasteiger partial charge in [-0.1, -0.05) is 164 Å². The lowest BCUT2D eigenvalue weighted by molar-refractivity contribution is 0.436. The van der Waals surface area contributed by atoms with Crippen molar-refractivity contribution in [2.75, 3.05) is 0 Å². The molecule has 0 fully saturated rings. The van der Waals surface area contributed by atoms with E-state index in [9.17, 15) is 0 Å². The summed E-state index contributed by atoms with van der Waals surface area (Å²) in [6.45, 7) is 0. The molecule has 3 heterocycles. The largest absolute Gasteiger partial charge is 0.457 e. The molecule has 0 N–H and O–H groups in total. The van der Waals surface area contributed by atoms with Crippen LogP contribution < -0.4 is 4.74 Å². The molecule has 0 atom stereocenters. The van der Waals surface area contributed by atoms with E-state index >= 15 is 0 Å². The van der Waals surface area contributed by atoms with Crippen molar-refractivity contribution in [1.82, 2.24) is 15.0 Å². The van der Waals surface area contributed by atoms with Crippen LogP contribution in [0.5, 0.6) is 11.5 Å². The minimum atomic E-state index is -0.527. The second kappa shape index (κ2) is 12.2. The predicted molar refractivity (Wildman–Crippen MR) is 226 cm³/mol. The van der Waals surface area contributed by atoms with Gasteiger partial charge in [-0.05, 0) is 57.6 Å². The molecule has 0 bridgehead atoms. The number of nitrogens with zero attached hydrogens (tertiary/aromatic N) is 3. The lowest BCUT2D eigenvalue weighted by Crippen LogP contribution is -2.32. The standard InChI is InChI=1S/C52H31N3O2/c1-2-15-32(16-3-1)49-53-50(55-51(54-49)40-23-14-22-38-37-20-8-12-27-45(37)57-48(38)40)39-21-5-4-17-34(39)33-29-30-44-47(31-33)56-46-28-13-11-26-43(46)52(44)41-24-9-6-18-35(41)36-19-7-10-25-42(36)52/h1-31H. The zero-order valence-electron chi connectivity index (χ0n) is 30.6. The van der Waals surface area contributed by atoms with E-state index in [-0.39, 0.29) is 0 Å². The number of fused-ring (bicyclic) bond motifs is 12. The Morgan fingerprint density at radius 3 is 1.70 bits per heavy atom. The summed E-state index contributed by atoms with van der Waals surface area (Å²) >= 11 is 0. The third-order valence-electron chi connectivity index (χ3n) is 11.6. The van der Waals surface area contributed by atoms with Gasteiger partial charge in [-0.25, -0.2) is 15.0 Å². The van der Waals surface area contributed by atoms with Gasteiger partial charge in [0, 0.05) is 33.0 Å². The molecule has 266 valence electrons. The van der Waals surface area contributed by atoms with Crippen molar-refractivity contribution in [3.8, 4) is 67.9 Å². The quantitative estimate of drug-likeness (QED) is 0.180. The maximum Gasteiger partial charge on any atom is 0.167 e. The number of benzene rings is 8. The Labute approximate surface area is 328 Å². The highest BCUT2D eigenvalue weighted by Crippen LogP contribution is 2.62. The third kappa shape index (κ3) is 4.60. The molecule has 2 aliphatic rings. The summed E-state index contributed by atoms with van der Waals surface area (Å²) in [6, 6.07) is 65.4. The van der Waals surface area contributed by atoms with Crippen molar-refractivity contribution in [3.05, 3.63) is 210 Å². The van der Waals surface area contributed by atoms with E-state index in [4.69, 9.17) is 24.1 Å². The molecule has 0 saturated carbocycles. The summed E-state index contributed by atoms with van der Waals surface area (Å²) in [7, 11) is 0. The van der Waals surface area contributed by atoms with Gasteiger partial charge in [0.05, 0.1) is 11.0 Å². The molecule has 0 unspecified atom stereocenters. The molecule has 2 aromatic heterocycles. The maximum atomic E-state index is 6.87. The number of aromatic nitrogens is 3. The Morgan fingerprint density at radius 2 is 0.912 bits per heavy atom. The molecule has 5 nitrogen and oxygen atoms in total. The van der Waals surface area contributed by atoms with Crippen LogP contribution in [0.2, 0.25) is 0 Å². The zero-order valence-corrected chi connectivity index (χ0v) is 30.6. The van der Waals surface area contributed by atoms with Gasteiger partial charge >= 0.3 is 0 Å². The summed E-state index contributed by atoms with van der Waals surface area (Å²) < 4.78 is 13.3. The lowest BCUT2D eigenvalue weighted by Gasteiger charge is -2.39. The van der Waals surface area contributed by atoms with Gasteiger partial charge in [0.2, 0.25) is 0 Å². The van der Waals surface area contributed by atoms with Gasteiger partial charge in [-0.15, -0.1) is 0 Å². The summed E-state index contributed by atoms with van der Waals surface area (Å²) in [4.78, 5) is 15.4. The van der Waals surface area contributed by atoms with Crippen molar-refractivity contribution >= 4 is 21.9 Å². The zero-order chi connectivity index (χ0) is 37.5. The Hall–Kier alpha value is -7.63. The summed E-state index contributed by atoms with van der Waals surface area (Å²) in [6.07, 6.45) is 0. The maximum absolute atomic E-state index is 6.87. The fourth-order valence-corrected chi connectivity index (χ4v) is 9.21. The van der Waals surface area contributed by atoms with E-state index in [1.54, 1.807) is 0 Å². The number of furan rings is 1. The Balaban J connectivity index is 1.06. The van der Waals surface area contributed by atoms with Crippen molar-refractivity contribution in [2.24, 2.45) is 0 Å². The first-order valence-corrected chi connectivity index (χ1v) is 19.2. The minimum Gasteiger partial charge on any atom is -0.457 e. The Morgan fingerprint density at radius 1 is 0.351 bits per heavy atom. The second-order valence-electron chi connectivity index (χ2n) is 14.6. The van der Waals surface area contributed by atoms with E-state index in [2.05, 4.69) is 121 Å². The molecule has 0 radical (unpaired) electrons. The second-order valence-corrected chi connectivity index (χ2v) is 14.6. The molecular formula is C52H31N3O2. The highest BCUT2D eigenvalue weighted by Gasteiger charge is 2.50. The van der Waals surface area contributed by atoms with Crippen molar-refractivity contribution < 1.29 is 9.15 Å². The normalized spacial score (nSPS) is 13.2. The van der Waals surface area contributed by atoms with Gasteiger partial charge in [-0.3, -0.25) is 0 Å². The van der Waals surface area contributed by atoms with Crippen molar-refractivity contribution in [1.29, 1.82) is 0 Å². The van der Waals surface area contributed by atoms with Gasteiger partial charge in [-0.2, -0.15) is 0 Å². The third-order valence-corrected chi connectivity index (χ3v) is 11.6. The number of ether oxygens (including phenoxy) is 1. The van der Waals surface area contributed by atoms with Gasteiger partial charge in [0.15, 0.2) is 17.5 Å². The monoisotopic (exact) mass is 729 g/mol. The minimum absolute atomic E-state index is 0.527. The fourth-order valence-electron chi connectivity index (χ4n) is 9.21. The molecule has 5 heteroatoms. The van der Waals surface area contributed by atoms with Crippen LogP contribution in [0.25, 0.3) is 78.4 Å². The van der Waals surface area contributed by atoms with Gasteiger partial charge in [0.25, 0.3) is 0 Å². The van der Waals surface area contributed by atoms with Gasteiger partial charge in [0.1, 0.15) is 22.7 Å². The summed E-state index contributed by atoms with van der Waals surface area (Å²) in [5.74, 6) is 3.39. The molecule has 1 aliphatic carbocycles. The van der Waals surface area contributed by atoms with Crippen LogP contribution in [0.3, 0.4) is 0 Å². The predicted octanol–water partition coefficient (Wildman–Crippen LogP) is 12.9. The van der Waals surface area contributed by atoms with E-state index < -0.39 is 5.41 Å². The van der Waals surface area contributed by atoms with Crippen LogP contribution in [0.15, 0.2) is 192 Å². The van der Waals surface area contributed by atoms with Gasteiger partial charge < -0.3 is 9.15 Å². The molecule has 8 aromatic carbocycles. The Kier molecular flexibility index (Phi) is 6.78. The first-order valence-electron chi connectivity index (χ1n) is 19.2. The fraction of sp³-hybridized carbons (Fsp3) is 0.0192. The topological polar surface area (TPSA) is 61.0 Å². The molecule has 57 heavy (non-hydrogen) atoms. The van der Waals surface area contributed by atoms with E-state index in [1.165, 1.54) is 22.3 Å². The van der Waals surface area contributed by atoms with Crippen molar-refractivity contribution in [2.45, 2.75) is 5.41 Å². The van der Waals surface area contributed by atoms with Crippen LogP contribution in [-0.4, -0.2) is 15.0 Å². The summed E-state index contributed by atoms with van der Waals surface area (Å²) in [5.41, 5.74) is 12.9. The van der Waals surface area contributed by atoms with E-state index in [0.717, 1.165) is 72.4 Å². The van der Waals surface area contributed by atoms with Crippen LogP contribution in [-0.2, 0) is 5.41 Å². The molecule has 10 aromatic rings. The molecule has 12 rings (SSSR count). The highest BCUT2D eigenvalue weighted by atomic mass is 16.5. The SMILES string of the molecule is c1ccc(-c2nc(-c3ccccc3-c3ccc4c(c3)Oc3ccccc3C43c4ccccc4-c4ccccc43)nc(-c3cccc4c3oc3ccccc34)n2)cc1. The average Bonchev–Trinajstić information content (AvgIpc) is 3.81. The molecule has 1 spiro atoms. The number of hydrogen-bond donors (Lipinski definition) is 0. The van der Waals surface area contributed by atoms with Crippen molar-refractivity contribution in [3.63, 3.8) is 0 Å². The molecule has 1 aliphatic heterocycles. The average molecular weight is 730 g/mol. The van der Waals surface area contributed by atoms with Crippen LogP contribution in [0, 0.1) is 0 Å². The lowest BCUT2D eigenvalue weighted by atomic mass is 9.66. The number of rotatable bonds is 4. The number of hydrogen-bond acceptors (Lipinski definition) is 5. The van der Waals surface area contributed by atoms with Crippen LogP contribution in [0.1, 0.15) is 22.3 Å². The van der Waals surface area contributed by atoms with Crippen LogP contribution in [0.4, 0.5) is 0 Å².